The largest absolute Gasteiger partial charge is 0.462 e. The van der Waals surface area contributed by atoms with Crippen molar-refractivity contribution in [1.29, 1.82) is 0 Å². The van der Waals surface area contributed by atoms with Crippen molar-refractivity contribution in [2.45, 2.75) is 283 Å². The molecule has 0 saturated heterocycles. The molecule has 0 aliphatic heterocycles. The van der Waals surface area contributed by atoms with E-state index in [0.717, 1.165) is 64.2 Å². The topological polar surface area (TPSA) is 95.9 Å². The summed E-state index contributed by atoms with van der Waals surface area (Å²) in [6, 6.07) is -0.698. The molecule has 1 amide bonds. The van der Waals surface area contributed by atoms with Crippen molar-refractivity contribution in [2.24, 2.45) is 0 Å². The van der Waals surface area contributed by atoms with Crippen LogP contribution in [0, 0.1) is 0 Å². The van der Waals surface area contributed by atoms with Gasteiger partial charge in [0.1, 0.15) is 6.10 Å². The van der Waals surface area contributed by atoms with Gasteiger partial charge in [-0.15, -0.1) is 0 Å². The standard InChI is InChI=1S/C49H95NO5/c1-4-7-10-13-16-19-21-23-25-27-30-33-36-39-42-49(54)55-45(40-37-34-31-28-18-15-12-9-6-3)43-48(53)50-46(44-51)47(52)41-38-35-32-29-26-24-22-20-17-14-11-8-5-2/h15,18,45-47,51-52H,4-14,16-17,19-44H2,1-3H3,(H,50,53)/b18-15-. The zero-order chi connectivity index (χ0) is 40.3. The number of allylic oxidation sites excluding steroid dienone is 2. The monoisotopic (exact) mass is 778 g/mol. The van der Waals surface area contributed by atoms with Crippen LogP contribution in [0.5, 0.6) is 0 Å². The molecule has 0 saturated carbocycles. The fraction of sp³-hybridized carbons (Fsp3) is 0.918. The van der Waals surface area contributed by atoms with Crippen molar-refractivity contribution in [3.63, 3.8) is 0 Å². The zero-order valence-corrected chi connectivity index (χ0v) is 37.1. The zero-order valence-electron chi connectivity index (χ0n) is 37.1. The Labute approximate surface area is 342 Å². The predicted octanol–water partition coefficient (Wildman–Crippen LogP) is 14.2. The molecule has 3 unspecified atom stereocenters. The Morgan fingerprint density at radius 1 is 0.509 bits per heavy atom. The van der Waals surface area contributed by atoms with Crippen LogP contribution in [-0.4, -0.2) is 46.9 Å². The Morgan fingerprint density at radius 3 is 1.35 bits per heavy atom. The summed E-state index contributed by atoms with van der Waals surface area (Å²) in [5.41, 5.74) is 0. The minimum atomic E-state index is -0.784. The molecular weight excluding hydrogens is 683 g/mol. The van der Waals surface area contributed by atoms with Crippen molar-refractivity contribution >= 4 is 11.9 Å². The van der Waals surface area contributed by atoms with Gasteiger partial charge in [-0.2, -0.15) is 0 Å². The third kappa shape index (κ3) is 39.2. The first-order valence-electron chi connectivity index (χ1n) is 24.4. The molecule has 55 heavy (non-hydrogen) atoms. The second-order valence-electron chi connectivity index (χ2n) is 16.9. The van der Waals surface area contributed by atoms with Gasteiger partial charge in [0.05, 0.1) is 25.2 Å². The minimum Gasteiger partial charge on any atom is -0.462 e. The maximum atomic E-state index is 13.1. The molecule has 326 valence electrons. The van der Waals surface area contributed by atoms with E-state index in [1.165, 1.54) is 154 Å². The molecule has 0 aromatic carbocycles. The van der Waals surface area contributed by atoms with E-state index < -0.39 is 18.2 Å². The molecule has 0 aliphatic carbocycles. The van der Waals surface area contributed by atoms with E-state index in [1.807, 2.05) is 0 Å². The Bertz CT molecular complexity index is 832. The number of aliphatic hydroxyl groups is 2. The first-order chi connectivity index (χ1) is 27.0. The lowest BCUT2D eigenvalue weighted by Crippen LogP contribution is -2.46. The SMILES string of the molecule is CCCC/C=C\CCCCCC(CC(=O)NC(CO)C(O)CCCCCCCCCCCCCCC)OC(=O)CCCCCCCCCCCCCCCC. The molecule has 0 aromatic heterocycles. The maximum absolute atomic E-state index is 13.1. The van der Waals surface area contributed by atoms with Crippen molar-refractivity contribution in [2.75, 3.05) is 6.61 Å². The first kappa shape index (κ1) is 53.6. The summed E-state index contributed by atoms with van der Waals surface area (Å²) < 4.78 is 5.90. The van der Waals surface area contributed by atoms with Crippen LogP contribution >= 0.6 is 0 Å². The van der Waals surface area contributed by atoms with Crippen LogP contribution in [-0.2, 0) is 14.3 Å². The number of aliphatic hydroxyl groups excluding tert-OH is 2. The highest BCUT2D eigenvalue weighted by molar-refractivity contribution is 5.77. The van der Waals surface area contributed by atoms with E-state index >= 15 is 0 Å². The van der Waals surface area contributed by atoms with Crippen molar-refractivity contribution in [1.82, 2.24) is 5.32 Å². The highest BCUT2D eigenvalue weighted by atomic mass is 16.5. The van der Waals surface area contributed by atoms with Crippen molar-refractivity contribution in [3.8, 4) is 0 Å². The number of carbonyl (C=O) groups excluding carboxylic acids is 2. The Kier molecular flexibility index (Phi) is 42.6. The summed E-state index contributed by atoms with van der Waals surface area (Å²) in [6.07, 6.45) is 47.0. The Balaban J connectivity index is 4.46. The van der Waals surface area contributed by atoms with Gasteiger partial charge in [-0.25, -0.2) is 0 Å². The number of esters is 1. The van der Waals surface area contributed by atoms with Gasteiger partial charge in [0, 0.05) is 6.42 Å². The lowest BCUT2D eigenvalue weighted by Gasteiger charge is -2.24. The lowest BCUT2D eigenvalue weighted by molar-refractivity contribution is -0.151. The molecule has 3 N–H and O–H groups in total. The van der Waals surface area contributed by atoms with Crippen molar-refractivity contribution in [3.05, 3.63) is 12.2 Å². The fourth-order valence-electron chi connectivity index (χ4n) is 7.59. The second kappa shape index (κ2) is 43.7. The molecule has 0 radical (unpaired) electrons. The Hall–Kier alpha value is -1.40. The van der Waals surface area contributed by atoms with E-state index in [2.05, 4.69) is 38.2 Å². The number of hydrogen-bond donors (Lipinski definition) is 3. The van der Waals surface area contributed by atoms with Gasteiger partial charge in [-0.1, -0.05) is 219 Å². The number of hydrogen-bond acceptors (Lipinski definition) is 5. The van der Waals surface area contributed by atoms with Gasteiger partial charge in [0.15, 0.2) is 0 Å². The molecule has 0 spiro atoms. The van der Waals surface area contributed by atoms with Gasteiger partial charge < -0.3 is 20.3 Å². The summed E-state index contributed by atoms with van der Waals surface area (Å²) in [4.78, 5) is 26.0. The van der Waals surface area contributed by atoms with Crippen LogP contribution in [0.3, 0.4) is 0 Å². The summed E-state index contributed by atoms with van der Waals surface area (Å²) in [5.74, 6) is -0.478. The number of rotatable bonds is 44. The van der Waals surface area contributed by atoms with Crippen LogP contribution in [0.4, 0.5) is 0 Å². The maximum Gasteiger partial charge on any atom is 0.306 e. The van der Waals surface area contributed by atoms with E-state index in [1.54, 1.807) is 0 Å². The average molecular weight is 778 g/mol. The molecular formula is C49H95NO5. The number of amides is 1. The average Bonchev–Trinajstić information content (AvgIpc) is 3.18. The highest BCUT2D eigenvalue weighted by Gasteiger charge is 2.24. The van der Waals surface area contributed by atoms with Crippen molar-refractivity contribution < 1.29 is 24.5 Å². The fourth-order valence-corrected chi connectivity index (χ4v) is 7.59. The van der Waals surface area contributed by atoms with Gasteiger partial charge in [-0.05, 0) is 44.9 Å². The van der Waals surface area contributed by atoms with Gasteiger partial charge in [-0.3, -0.25) is 9.59 Å². The molecule has 3 atom stereocenters. The van der Waals surface area contributed by atoms with Crippen LogP contribution in [0.25, 0.3) is 0 Å². The van der Waals surface area contributed by atoms with E-state index in [4.69, 9.17) is 4.74 Å². The van der Waals surface area contributed by atoms with Gasteiger partial charge >= 0.3 is 5.97 Å². The molecule has 6 nitrogen and oxygen atoms in total. The van der Waals surface area contributed by atoms with Crippen LogP contribution in [0.1, 0.15) is 265 Å². The second-order valence-corrected chi connectivity index (χ2v) is 16.9. The normalized spacial score (nSPS) is 13.3. The van der Waals surface area contributed by atoms with Crippen LogP contribution < -0.4 is 5.32 Å². The lowest BCUT2D eigenvalue weighted by atomic mass is 10.0. The van der Waals surface area contributed by atoms with E-state index in [-0.39, 0.29) is 24.9 Å². The molecule has 0 fully saturated rings. The minimum absolute atomic E-state index is 0.0728. The summed E-state index contributed by atoms with van der Waals surface area (Å²) in [5, 5.41) is 23.7. The predicted molar refractivity (Wildman–Crippen MR) is 237 cm³/mol. The third-order valence-corrected chi connectivity index (χ3v) is 11.3. The summed E-state index contributed by atoms with van der Waals surface area (Å²) in [7, 11) is 0. The van der Waals surface area contributed by atoms with E-state index in [0.29, 0.717) is 19.3 Å². The van der Waals surface area contributed by atoms with Gasteiger partial charge in [0.25, 0.3) is 0 Å². The van der Waals surface area contributed by atoms with Crippen LogP contribution in [0.2, 0.25) is 0 Å². The molecule has 0 bridgehead atoms. The number of unbranched alkanes of at least 4 members (excludes halogenated alkanes) is 30. The third-order valence-electron chi connectivity index (χ3n) is 11.3. The highest BCUT2D eigenvalue weighted by Crippen LogP contribution is 2.18. The molecule has 6 heteroatoms. The summed E-state index contributed by atoms with van der Waals surface area (Å²) >= 11 is 0. The molecule has 0 rings (SSSR count). The summed E-state index contributed by atoms with van der Waals surface area (Å²) in [6.45, 7) is 6.44. The van der Waals surface area contributed by atoms with Gasteiger partial charge in [0.2, 0.25) is 5.91 Å². The Morgan fingerprint density at radius 2 is 0.891 bits per heavy atom. The molecule has 0 aliphatic rings. The molecule has 0 aromatic rings. The number of ether oxygens (including phenoxy) is 1. The van der Waals surface area contributed by atoms with Crippen LogP contribution in [0.15, 0.2) is 12.2 Å². The first-order valence-corrected chi connectivity index (χ1v) is 24.4. The number of nitrogens with one attached hydrogen (secondary N) is 1. The number of carbonyl (C=O) groups is 2. The molecule has 0 heterocycles. The smallest absolute Gasteiger partial charge is 0.306 e. The quantitative estimate of drug-likeness (QED) is 0.0325. The van der Waals surface area contributed by atoms with E-state index in [9.17, 15) is 19.8 Å².